The van der Waals surface area contributed by atoms with Crippen molar-refractivity contribution >= 4 is 34.6 Å². The number of rotatable bonds is 3. The fraction of sp³-hybridized carbons (Fsp3) is 0.316. The highest BCUT2D eigenvalue weighted by molar-refractivity contribution is 6.31. The molecule has 1 aliphatic heterocycles. The SMILES string of the molecule is Cc1ccc(C(=O)Nc2cc(N)ccc2N2CCN(C)CC2)cc1Cl. The van der Waals surface area contributed by atoms with Gasteiger partial charge in [-0.3, -0.25) is 4.79 Å². The molecule has 6 heteroatoms. The summed E-state index contributed by atoms with van der Waals surface area (Å²) in [5.41, 5.74) is 9.76. The number of nitrogens with zero attached hydrogens (tertiary/aromatic N) is 2. The van der Waals surface area contributed by atoms with Crippen molar-refractivity contribution in [3.05, 3.63) is 52.5 Å². The van der Waals surface area contributed by atoms with Gasteiger partial charge in [0.05, 0.1) is 11.4 Å². The molecule has 3 N–H and O–H groups in total. The lowest BCUT2D eigenvalue weighted by Gasteiger charge is -2.35. The fourth-order valence-electron chi connectivity index (χ4n) is 2.91. The standard InChI is InChI=1S/C19H23ClN4O/c1-13-3-4-14(11-16(13)20)19(25)22-17-12-15(21)5-6-18(17)24-9-7-23(2)8-10-24/h3-6,11-12H,7-10,21H2,1-2H3,(H,22,25). The monoisotopic (exact) mass is 358 g/mol. The van der Waals surface area contributed by atoms with E-state index < -0.39 is 0 Å². The molecule has 0 bridgehead atoms. The lowest BCUT2D eigenvalue weighted by atomic mass is 10.1. The van der Waals surface area contributed by atoms with E-state index in [1.807, 2.05) is 25.1 Å². The van der Waals surface area contributed by atoms with E-state index >= 15 is 0 Å². The van der Waals surface area contributed by atoms with Crippen molar-refractivity contribution in [3.8, 4) is 0 Å². The highest BCUT2D eigenvalue weighted by Gasteiger charge is 2.19. The summed E-state index contributed by atoms with van der Waals surface area (Å²) in [4.78, 5) is 17.2. The van der Waals surface area contributed by atoms with Crippen LogP contribution in [0.2, 0.25) is 5.02 Å². The summed E-state index contributed by atoms with van der Waals surface area (Å²) in [6.07, 6.45) is 0. The molecular weight excluding hydrogens is 336 g/mol. The Morgan fingerprint density at radius 1 is 1.12 bits per heavy atom. The number of nitrogens with one attached hydrogen (secondary N) is 1. The molecule has 1 heterocycles. The van der Waals surface area contributed by atoms with Crippen LogP contribution < -0.4 is 16.0 Å². The van der Waals surface area contributed by atoms with Gasteiger partial charge in [0.2, 0.25) is 0 Å². The maximum absolute atomic E-state index is 12.6. The van der Waals surface area contributed by atoms with Gasteiger partial charge in [0.1, 0.15) is 0 Å². The average Bonchev–Trinajstić information content (AvgIpc) is 2.58. The van der Waals surface area contributed by atoms with E-state index in [0.717, 1.165) is 43.1 Å². The molecule has 0 atom stereocenters. The molecule has 2 aromatic rings. The molecule has 25 heavy (non-hydrogen) atoms. The Labute approximate surface area is 153 Å². The number of anilines is 3. The number of piperazine rings is 1. The zero-order chi connectivity index (χ0) is 18.0. The molecule has 5 nitrogen and oxygen atoms in total. The van der Waals surface area contributed by atoms with Crippen molar-refractivity contribution in [2.24, 2.45) is 0 Å². The molecule has 1 fully saturated rings. The summed E-state index contributed by atoms with van der Waals surface area (Å²) in [5, 5.41) is 3.57. The van der Waals surface area contributed by atoms with Crippen LogP contribution >= 0.6 is 11.6 Å². The quantitative estimate of drug-likeness (QED) is 0.827. The van der Waals surface area contributed by atoms with Gasteiger partial charge in [-0.05, 0) is 49.9 Å². The highest BCUT2D eigenvalue weighted by Crippen LogP contribution is 2.30. The van der Waals surface area contributed by atoms with Crippen molar-refractivity contribution in [2.75, 3.05) is 49.2 Å². The first-order valence-electron chi connectivity index (χ1n) is 8.34. The minimum atomic E-state index is -0.192. The summed E-state index contributed by atoms with van der Waals surface area (Å²) < 4.78 is 0. The third kappa shape index (κ3) is 4.06. The third-order valence-electron chi connectivity index (χ3n) is 4.55. The number of aryl methyl sites for hydroxylation is 1. The molecule has 3 rings (SSSR count). The summed E-state index contributed by atoms with van der Waals surface area (Å²) in [7, 11) is 2.12. The van der Waals surface area contributed by atoms with Crippen LogP contribution in [0, 0.1) is 6.92 Å². The van der Waals surface area contributed by atoms with Gasteiger partial charge < -0.3 is 20.9 Å². The predicted octanol–water partition coefficient (Wildman–Crippen LogP) is 3.23. The highest BCUT2D eigenvalue weighted by atomic mass is 35.5. The molecule has 0 aliphatic carbocycles. The second-order valence-electron chi connectivity index (χ2n) is 6.48. The molecule has 1 amide bonds. The van der Waals surface area contributed by atoms with E-state index in [4.69, 9.17) is 17.3 Å². The molecular formula is C19H23ClN4O. The normalized spacial score (nSPS) is 15.2. The number of halogens is 1. The van der Waals surface area contributed by atoms with Crippen molar-refractivity contribution in [2.45, 2.75) is 6.92 Å². The first kappa shape index (κ1) is 17.6. The van der Waals surface area contributed by atoms with Gasteiger partial charge in [-0.1, -0.05) is 17.7 Å². The molecule has 0 unspecified atom stereocenters. The Kier molecular flexibility index (Phi) is 5.16. The lowest BCUT2D eigenvalue weighted by molar-refractivity contribution is 0.102. The summed E-state index contributed by atoms with van der Waals surface area (Å²) >= 11 is 6.14. The molecule has 0 saturated carbocycles. The summed E-state index contributed by atoms with van der Waals surface area (Å²) in [6.45, 7) is 5.73. The largest absolute Gasteiger partial charge is 0.399 e. The van der Waals surface area contributed by atoms with Gasteiger partial charge in [0, 0.05) is 42.5 Å². The smallest absolute Gasteiger partial charge is 0.255 e. The molecule has 2 aromatic carbocycles. The van der Waals surface area contributed by atoms with Gasteiger partial charge in [-0.25, -0.2) is 0 Å². The number of benzene rings is 2. The zero-order valence-electron chi connectivity index (χ0n) is 14.6. The van der Waals surface area contributed by atoms with Crippen LogP contribution in [0.1, 0.15) is 15.9 Å². The van der Waals surface area contributed by atoms with Crippen LogP contribution in [0.5, 0.6) is 0 Å². The second kappa shape index (κ2) is 7.33. The molecule has 1 aliphatic rings. The number of nitrogens with two attached hydrogens (primary N) is 1. The third-order valence-corrected chi connectivity index (χ3v) is 4.95. The number of nitrogen functional groups attached to an aromatic ring is 1. The maximum atomic E-state index is 12.6. The molecule has 0 radical (unpaired) electrons. The first-order chi connectivity index (χ1) is 11.9. The van der Waals surface area contributed by atoms with Crippen LogP contribution in [0.15, 0.2) is 36.4 Å². The Morgan fingerprint density at radius 2 is 1.84 bits per heavy atom. The first-order valence-corrected chi connectivity index (χ1v) is 8.72. The average molecular weight is 359 g/mol. The van der Waals surface area contributed by atoms with E-state index in [1.54, 1.807) is 18.2 Å². The summed E-state index contributed by atoms with van der Waals surface area (Å²) in [6, 6.07) is 11.0. The van der Waals surface area contributed by atoms with Gasteiger partial charge in [-0.15, -0.1) is 0 Å². The van der Waals surface area contributed by atoms with Crippen molar-refractivity contribution in [3.63, 3.8) is 0 Å². The van der Waals surface area contributed by atoms with Crippen LogP contribution in [0.4, 0.5) is 17.1 Å². The van der Waals surface area contributed by atoms with Crippen LogP contribution in [-0.4, -0.2) is 44.0 Å². The predicted molar refractivity (Wildman–Crippen MR) is 105 cm³/mol. The van der Waals surface area contributed by atoms with E-state index in [9.17, 15) is 4.79 Å². The lowest BCUT2D eigenvalue weighted by Crippen LogP contribution is -2.44. The minimum Gasteiger partial charge on any atom is -0.399 e. The number of carbonyl (C=O) groups is 1. The molecule has 1 saturated heterocycles. The Hall–Kier alpha value is -2.24. The summed E-state index contributed by atoms with van der Waals surface area (Å²) in [5.74, 6) is -0.192. The minimum absolute atomic E-state index is 0.192. The van der Waals surface area contributed by atoms with Crippen molar-refractivity contribution < 1.29 is 4.79 Å². The number of carbonyl (C=O) groups excluding carboxylic acids is 1. The fourth-order valence-corrected chi connectivity index (χ4v) is 3.09. The number of amides is 1. The van der Waals surface area contributed by atoms with E-state index in [2.05, 4.69) is 22.2 Å². The molecule has 0 spiro atoms. The Balaban J connectivity index is 1.84. The maximum Gasteiger partial charge on any atom is 0.255 e. The zero-order valence-corrected chi connectivity index (χ0v) is 15.3. The molecule has 132 valence electrons. The van der Waals surface area contributed by atoms with Gasteiger partial charge >= 0.3 is 0 Å². The van der Waals surface area contributed by atoms with Gasteiger partial charge in [0.15, 0.2) is 0 Å². The second-order valence-corrected chi connectivity index (χ2v) is 6.89. The van der Waals surface area contributed by atoms with Crippen molar-refractivity contribution in [1.82, 2.24) is 4.90 Å². The van der Waals surface area contributed by atoms with Gasteiger partial charge in [0.25, 0.3) is 5.91 Å². The van der Waals surface area contributed by atoms with E-state index in [0.29, 0.717) is 16.3 Å². The number of hydrogen-bond acceptors (Lipinski definition) is 4. The number of hydrogen-bond donors (Lipinski definition) is 2. The topological polar surface area (TPSA) is 61.6 Å². The van der Waals surface area contributed by atoms with Crippen LogP contribution in [-0.2, 0) is 0 Å². The van der Waals surface area contributed by atoms with E-state index in [1.165, 1.54) is 0 Å². The molecule has 0 aromatic heterocycles. The van der Waals surface area contributed by atoms with Crippen molar-refractivity contribution in [1.29, 1.82) is 0 Å². The Bertz CT molecular complexity index is 785. The Morgan fingerprint density at radius 3 is 2.52 bits per heavy atom. The number of likely N-dealkylation sites (N-methyl/N-ethyl adjacent to an activating group) is 1. The van der Waals surface area contributed by atoms with E-state index in [-0.39, 0.29) is 5.91 Å². The van der Waals surface area contributed by atoms with Gasteiger partial charge in [-0.2, -0.15) is 0 Å². The van der Waals surface area contributed by atoms with Crippen LogP contribution in [0.25, 0.3) is 0 Å². The van der Waals surface area contributed by atoms with Crippen LogP contribution in [0.3, 0.4) is 0 Å².